The molecule has 0 fully saturated rings. The average molecular weight is 310 g/mol. The zero-order chi connectivity index (χ0) is 15.7. The Morgan fingerprint density at radius 3 is 2.24 bits per heavy atom. The number of nitrogens with one attached hydrogen (secondary N) is 2. The van der Waals surface area contributed by atoms with Gasteiger partial charge in [-0.25, -0.2) is 4.79 Å². The van der Waals surface area contributed by atoms with Gasteiger partial charge in [0.15, 0.2) is 0 Å². The predicted octanol–water partition coefficient (Wildman–Crippen LogP) is 2.55. The summed E-state index contributed by atoms with van der Waals surface area (Å²) in [6.45, 7) is 7.85. The van der Waals surface area contributed by atoms with Gasteiger partial charge in [-0.1, -0.05) is 45.0 Å². The SMILES string of the molecule is CC(C)(C)SCCNC(=O)NCCc1ccc(CO)cc1. The summed E-state index contributed by atoms with van der Waals surface area (Å²) < 4.78 is 0.235. The molecule has 0 radical (unpaired) electrons. The molecule has 1 aromatic rings. The maximum Gasteiger partial charge on any atom is 0.314 e. The molecule has 21 heavy (non-hydrogen) atoms. The Hall–Kier alpha value is -1.20. The summed E-state index contributed by atoms with van der Waals surface area (Å²) in [4.78, 5) is 11.6. The zero-order valence-electron chi connectivity index (χ0n) is 13.1. The monoisotopic (exact) mass is 310 g/mol. The van der Waals surface area contributed by atoms with E-state index in [1.54, 1.807) is 0 Å². The molecule has 118 valence electrons. The van der Waals surface area contributed by atoms with Crippen LogP contribution in [0.2, 0.25) is 0 Å². The number of hydrogen-bond acceptors (Lipinski definition) is 3. The summed E-state index contributed by atoms with van der Waals surface area (Å²) in [5.41, 5.74) is 2.05. The van der Waals surface area contributed by atoms with Gasteiger partial charge in [-0.3, -0.25) is 0 Å². The lowest BCUT2D eigenvalue weighted by Crippen LogP contribution is -2.38. The number of rotatable bonds is 7. The van der Waals surface area contributed by atoms with E-state index in [9.17, 15) is 4.79 Å². The van der Waals surface area contributed by atoms with Gasteiger partial charge in [0.25, 0.3) is 0 Å². The smallest absolute Gasteiger partial charge is 0.314 e. The molecule has 0 aromatic heterocycles. The van der Waals surface area contributed by atoms with Crippen molar-refractivity contribution in [2.45, 2.75) is 38.5 Å². The van der Waals surface area contributed by atoms with Crippen molar-refractivity contribution in [1.82, 2.24) is 10.6 Å². The number of benzene rings is 1. The molecule has 1 rings (SSSR count). The van der Waals surface area contributed by atoms with Gasteiger partial charge in [0.2, 0.25) is 0 Å². The van der Waals surface area contributed by atoms with Crippen molar-refractivity contribution in [2.24, 2.45) is 0 Å². The van der Waals surface area contributed by atoms with Crippen molar-refractivity contribution in [2.75, 3.05) is 18.8 Å². The molecule has 0 bridgehead atoms. The largest absolute Gasteiger partial charge is 0.392 e. The van der Waals surface area contributed by atoms with Crippen LogP contribution >= 0.6 is 11.8 Å². The van der Waals surface area contributed by atoms with E-state index in [0.717, 1.165) is 23.3 Å². The van der Waals surface area contributed by atoms with Gasteiger partial charge in [-0.2, -0.15) is 11.8 Å². The average Bonchev–Trinajstić information content (AvgIpc) is 2.43. The van der Waals surface area contributed by atoms with Crippen molar-refractivity contribution in [1.29, 1.82) is 0 Å². The quantitative estimate of drug-likeness (QED) is 0.678. The Bertz CT molecular complexity index is 427. The van der Waals surface area contributed by atoms with E-state index < -0.39 is 0 Å². The van der Waals surface area contributed by atoms with Gasteiger partial charge < -0.3 is 15.7 Å². The number of thioether (sulfide) groups is 1. The minimum atomic E-state index is -0.114. The van der Waals surface area contributed by atoms with Crippen LogP contribution in [0.15, 0.2) is 24.3 Å². The second-order valence-electron chi connectivity index (χ2n) is 5.87. The van der Waals surface area contributed by atoms with E-state index in [4.69, 9.17) is 5.11 Å². The maximum absolute atomic E-state index is 11.6. The molecular weight excluding hydrogens is 284 g/mol. The molecule has 4 nitrogen and oxygen atoms in total. The minimum absolute atomic E-state index is 0.0630. The second-order valence-corrected chi connectivity index (χ2v) is 7.79. The highest BCUT2D eigenvalue weighted by Gasteiger charge is 2.09. The number of amides is 2. The Morgan fingerprint density at radius 1 is 1.10 bits per heavy atom. The number of hydrogen-bond donors (Lipinski definition) is 3. The highest BCUT2D eigenvalue weighted by Crippen LogP contribution is 2.21. The van der Waals surface area contributed by atoms with Crippen LogP contribution in [0.25, 0.3) is 0 Å². The molecule has 0 heterocycles. The lowest BCUT2D eigenvalue weighted by molar-refractivity contribution is 0.241. The topological polar surface area (TPSA) is 61.4 Å². The van der Waals surface area contributed by atoms with Crippen molar-refractivity contribution in [3.05, 3.63) is 35.4 Å². The number of aliphatic hydroxyl groups excluding tert-OH is 1. The Balaban J connectivity index is 2.12. The van der Waals surface area contributed by atoms with Gasteiger partial charge in [0, 0.05) is 23.6 Å². The van der Waals surface area contributed by atoms with Crippen LogP contribution in [0, 0.1) is 0 Å². The molecule has 0 saturated carbocycles. The molecular formula is C16H26N2O2S. The van der Waals surface area contributed by atoms with E-state index in [0.29, 0.717) is 13.1 Å². The summed E-state index contributed by atoms with van der Waals surface area (Å²) in [5.74, 6) is 0.916. The highest BCUT2D eigenvalue weighted by molar-refractivity contribution is 8.00. The van der Waals surface area contributed by atoms with Crippen LogP contribution in [0.5, 0.6) is 0 Å². The number of carbonyl (C=O) groups excluding carboxylic acids is 1. The first-order chi connectivity index (χ1) is 9.90. The van der Waals surface area contributed by atoms with Crippen LogP contribution in [-0.4, -0.2) is 34.7 Å². The second kappa shape index (κ2) is 8.95. The van der Waals surface area contributed by atoms with Crippen LogP contribution in [-0.2, 0) is 13.0 Å². The number of urea groups is 1. The van der Waals surface area contributed by atoms with Crippen LogP contribution in [0.4, 0.5) is 4.79 Å². The normalized spacial score (nSPS) is 11.2. The Morgan fingerprint density at radius 2 is 1.67 bits per heavy atom. The highest BCUT2D eigenvalue weighted by atomic mass is 32.2. The van der Waals surface area contributed by atoms with Crippen molar-refractivity contribution >= 4 is 17.8 Å². The van der Waals surface area contributed by atoms with E-state index in [2.05, 4.69) is 31.4 Å². The molecule has 0 aliphatic carbocycles. The number of carbonyl (C=O) groups is 1. The summed E-state index contributed by atoms with van der Waals surface area (Å²) >= 11 is 1.84. The van der Waals surface area contributed by atoms with Gasteiger partial charge in [0.05, 0.1) is 6.61 Å². The van der Waals surface area contributed by atoms with Crippen molar-refractivity contribution in [3.8, 4) is 0 Å². The fraction of sp³-hybridized carbons (Fsp3) is 0.562. The van der Waals surface area contributed by atoms with E-state index >= 15 is 0 Å². The molecule has 0 spiro atoms. The molecule has 5 heteroatoms. The van der Waals surface area contributed by atoms with Crippen LogP contribution in [0.3, 0.4) is 0 Å². The van der Waals surface area contributed by atoms with Crippen molar-refractivity contribution in [3.63, 3.8) is 0 Å². The molecule has 0 unspecified atom stereocenters. The van der Waals surface area contributed by atoms with Gasteiger partial charge >= 0.3 is 6.03 Å². The molecule has 3 N–H and O–H groups in total. The fourth-order valence-electron chi connectivity index (χ4n) is 1.72. The summed E-state index contributed by atoms with van der Waals surface area (Å²) in [6, 6.07) is 7.64. The van der Waals surface area contributed by atoms with Crippen molar-refractivity contribution < 1.29 is 9.90 Å². The Kier molecular flexibility index (Phi) is 7.61. The molecule has 0 aliphatic heterocycles. The lowest BCUT2D eigenvalue weighted by atomic mass is 10.1. The maximum atomic E-state index is 11.6. The molecule has 0 atom stereocenters. The van der Waals surface area contributed by atoms with Gasteiger partial charge in [-0.05, 0) is 17.5 Å². The first kappa shape index (κ1) is 17.9. The van der Waals surface area contributed by atoms with E-state index in [1.165, 1.54) is 0 Å². The van der Waals surface area contributed by atoms with Gasteiger partial charge in [-0.15, -0.1) is 0 Å². The van der Waals surface area contributed by atoms with Crippen LogP contribution < -0.4 is 10.6 Å². The third-order valence-electron chi connectivity index (χ3n) is 2.83. The minimum Gasteiger partial charge on any atom is -0.392 e. The third-order valence-corrected chi connectivity index (χ3v) is 4.10. The molecule has 0 aliphatic rings. The zero-order valence-corrected chi connectivity index (χ0v) is 13.9. The van der Waals surface area contributed by atoms with Gasteiger partial charge in [0.1, 0.15) is 0 Å². The van der Waals surface area contributed by atoms with E-state index in [-0.39, 0.29) is 17.4 Å². The molecule has 0 saturated heterocycles. The standard InChI is InChI=1S/C16H26N2O2S/c1-16(2,3)21-11-10-18-15(20)17-9-8-13-4-6-14(12-19)7-5-13/h4-7,19H,8-12H2,1-3H3,(H2,17,18,20). The first-order valence-corrected chi connectivity index (χ1v) is 8.23. The number of aliphatic hydroxyl groups is 1. The molecule has 2 amide bonds. The summed E-state index contributed by atoms with van der Waals surface area (Å²) in [5, 5.41) is 14.7. The van der Waals surface area contributed by atoms with E-state index in [1.807, 2.05) is 36.0 Å². The summed E-state index contributed by atoms with van der Waals surface area (Å²) in [7, 11) is 0. The first-order valence-electron chi connectivity index (χ1n) is 7.25. The summed E-state index contributed by atoms with van der Waals surface area (Å²) in [6.07, 6.45) is 0.788. The Labute approximate surface area is 131 Å². The predicted molar refractivity (Wildman–Crippen MR) is 89.7 cm³/mol. The lowest BCUT2D eigenvalue weighted by Gasteiger charge is -2.17. The third kappa shape index (κ3) is 8.63. The molecule has 1 aromatic carbocycles. The fourth-order valence-corrected chi connectivity index (χ4v) is 2.53. The van der Waals surface area contributed by atoms with Crippen LogP contribution in [0.1, 0.15) is 31.9 Å².